The van der Waals surface area contributed by atoms with Crippen LogP contribution >= 0.6 is 0 Å². The van der Waals surface area contributed by atoms with Crippen LogP contribution in [0.3, 0.4) is 0 Å². The van der Waals surface area contributed by atoms with Gasteiger partial charge in [0.2, 0.25) is 5.95 Å². The van der Waals surface area contributed by atoms with E-state index < -0.39 is 0 Å². The molecule has 0 radical (unpaired) electrons. The van der Waals surface area contributed by atoms with Gasteiger partial charge in [0, 0.05) is 19.1 Å². The molecule has 1 atom stereocenters. The average Bonchev–Trinajstić information content (AvgIpc) is 3.16. The van der Waals surface area contributed by atoms with E-state index in [4.69, 9.17) is 11.0 Å². The molecule has 0 amide bonds. The third-order valence-electron chi connectivity index (χ3n) is 3.87. The summed E-state index contributed by atoms with van der Waals surface area (Å²) in [4.78, 5) is 10.8. The van der Waals surface area contributed by atoms with Gasteiger partial charge in [-0.05, 0) is 31.7 Å². The highest BCUT2D eigenvalue weighted by molar-refractivity contribution is 5.49. The second kappa shape index (κ2) is 5.02. The van der Waals surface area contributed by atoms with Gasteiger partial charge in [-0.1, -0.05) is 0 Å². The van der Waals surface area contributed by atoms with Crippen molar-refractivity contribution in [2.75, 3.05) is 30.7 Å². The summed E-state index contributed by atoms with van der Waals surface area (Å²) in [5, 5.41) is 12.0. The second-order valence-corrected chi connectivity index (χ2v) is 5.37. The van der Waals surface area contributed by atoms with Gasteiger partial charge < -0.3 is 16.0 Å². The lowest BCUT2D eigenvalue weighted by Gasteiger charge is -2.15. The molecule has 6 heteroatoms. The molecule has 1 aromatic heterocycles. The fraction of sp³-hybridized carbons (Fsp3) is 0.615. The first-order chi connectivity index (χ1) is 9.26. The summed E-state index contributed by atoms with van der Waals surface area (Å²) in [5.74, 6) is 1.41. The third-order valence-corrected chi connectivity index (χ3v) is 3.87. The molecule has 1 saturated carbocycles. The fourth-order valence-electron chi connectivity index (χ4n) is 2.60. The van der Waals surface area contributed by atoms with E-state index in [-0.39, 0.29) is 5.82 Å². The van der Waals surface area contributed by atoms with Gasteiger partial charge in [0.25, 0.3) is 0 Å². The van der Waals surface area contributed by atoms with Crippen LogP contribution in [0.15, 0.2) is 6.20 Å². The van der Waals surface area contributed by atoms with E-state index in [0.717, 1.165) is 12.6 Å². The molecular formula is C13H18N6. The molecule has 0 aromatic carbocycles. The Morgan fingerprint density at radius 2 is 2.32 bits per heavy atom. The van der Waals surface area contributed by atoms with Crippen molar-refractivity contribution in [2.24, 2.45) is 5.92 Å². The number of nitrogens with one attached hydrogen (secondary N) is 1. The van der Waals surface area contributed by atoms with Gasteiger partial charge in [-0.25, -0.2) is 4.98 Å². The largest absolute Gasteiger partial charge is 0.382 e. The molecule has 2 heterocycles. The van der Waals surface area contributed by atoms with Crippen molar-refractivity contribution in [2.45, 2.75) is 25.3 Å². The number of nitrogen functional groups attached to an aromatic ring is 1. The Bertz CT molecular complexity index is 504. The minimum atomic E-state index is 0.242. The molecule has 0 spiro atoms. The van der Waals surface area contributed by atoms with Gasteiger partial charge in [-0.3, -0.25) is 0 Å². The molecule has 3 rings (SSSR count). The maximum Gasteiger partial charge on any atom is 0.224 e. The number of anilines is 2. The number of likely N-dealkylation sites (tertiary alicyclic amines) is 1. The zero-order chi connectivity index (χ0) is 13.2. The quantitative estimate of drug-likeness (QED) is 0.831. The first-order valence-corrected chi connectivity index (χ1v) is 6.77. The van der Waals surface area contributed by atoms with E-state index in [1.54, 1.807) is 0 Å². The topological polar surface area (TPSA) is 90.9 Å². The van der Waals surface area contributed by atoms with Crippen LogP contribution in [0.1, 0.15) is 24.8 Å². The van der Waals surface area contributed by atoms with Crippen molar-refractivity contribution in [3.63, 3.8) is 0 Å². The molecule has 3 N–H and O–H groups in total. The van der Waals surface area contributed by atoms with Gasteiger partial charge >= 0.3 is 0 Å². The maximum absolute atomic E-state index is 8.76. The third kappa shape index (κ3) is 2.76. The molecule has 1 aliphatic carbocycles. The molecule has 6 nitrogen and oxygen atoms in total. The number of rotatable bonds is 4. The summed E-state index contributed by atoms with van der Waals surface area (Å²) in [5.41, 5.74) is 5.99. The summed E-state index contributed by atoms with van der Waals surface area (Å²) < 4.78 is 0. The zero-order valence-electron chi connectivity index (χ0n) is 10.8. The van der Waals surface area contributed by atoms with E-state index in [1.807, 2.05) is 6.07 Å². The van der Waals surface area contributed by atoms with E-state index in [2.05, 4.69) is 20.2 Å². The van der Waals surface area contributed by atoms with Gasteiger partial charge in [0.15, 0.2) is 0 Å². The summed E-state index contributed by atoms with van der Waals surface area (Å²) in [6.45, 7) is 3.26. The highest BCUT2D eigenvalue weighted by Gasteiger charge is 2.34. The first kappa shape index (κ1) is 12.2. The molecule has 1 aromatic rings. The van der Waals surface area contributed by atoms with E-state index >= 15 is 0 Å². The molecule has 2 aliphatic rings. The molecule has 19 heavy (non-hydrogen) atoms. The van der Waals surface area contributed by atoms with Crippen molar-refractivity contribution in [1.82, 2.24) is 14.9 Å². The van der Waals surface area contributed by atoms with Gasteiger partial charge in [-0.2, -0.15) is 10.2 Å². The van der Waals surface area contributed by atoms with Crippen LogP contribution in [-0.2, 0) is 0 Å². The van der Waals surface area contributed by atoms with Crippen LogP contribution in [0.4, 0.5) is 11.8 Å². The van der Waals surface area contributed by atoms with Crippen molar-refractivity contribution >= 4 is 11.8 Å². The lowest BCUT2D eigenvalue weighted by molar-refractivity contribution is 0.316. The Morgan fingerprint density at radius 3 is 3.00 bits per heavy atom. The number of aromatic nitrogens is 2. The summed E-state index contributed by atoms with van der Waals surface area (Å²) in [6.07, 6.45) is 5.44. The zero-order valence-corrected chi connectivity index (χ0v) is 10.8. The van der Waals surface area contributed by atoms with Crippen molar-refractivity contribution in [1.29, 1.82) is 5.26 Å². The normalized spacial score (nSPS) is 23.2. The predicted molar refractivity (Wildman–Crippen MR) is 72.4 cm³/mol. The van der Waals surface area contributed by atoms with E-state index in [0.29, 0.717) is 17.4 Å². The van der Waals surface area contributed by atoms with Crippen molar-refractivity contribution < 1.29 is 0 Å². The Balaban J connectivity index is 1.52. The number of nitrogens with two attached hydrogens (primary N) is 1. The minimum Gasteiger partial charge on any atom is -0.382 e. The van der Waals surface area contributed by atoms with E-state index in [1.165, 1.54) is 38.5 Å². The van der Waals surface area contributed by atoms with Gasteiger partial charge in [0.1, 0.15) is 17.5 Å². The summed E-state index contributed by atoms with van der Waals surface area (Å²) in [7, 11) is 0. The molecule has 100 valence electrons. The predicted octanol–water partition coefficient (Wildman–Crippen LogP) is 0.827. The Morgan fingerprint density at radius 1 is 1.47 bits per heavy atom. The lowest BCUT2D eigenvalue weighted by atomic mass is 10.1. The first-order valence-electron chi connectivity index (χ1n) is 6.77. The van der Waals surface area contributed by atoms with Gasteiger partial charge in [-0.15, -0.1) is 0 Å². The van der Waals surface area contributed by atoms with Crippen LogP contribution in [0, 0.1) is 17.2 Å². The Hall–Kier alpha value is -1.87. The van der Waals surface area contributed by atoms with Crippen LogP contribution in [0.25, 0.3) is 0 Å². The van der Waals surface area contributed by atoms with Crippen LogP contribution < -0.4 is 11.1 Å². The van der Waals surface area contributed by atoms with Crippen LogP contribution in [-0.4, -0.2) is 40.5 Å². The SMILES string of the molecule is N#Cc1cnc(NCC2CCN(C3CC3)C2)nc1N. The van der Waals surface area contributed by atoms with Crippen molar-refractivity contribution in [3.8, 4) is 6.07 Å². The van der Waals surface area contributed by atoms with Crippen LogP contribution in [0.5, 0.6) is 0 Å². The summed E-state index contributed by atoms with van der Waals surface area (Å²) in [6, 6.07) is 2.81. The average molecular weight is 258 g/mol. The minimum absolute atomic E-state index is 0.242. The second-order valence-electron chi connectivity index (χ2n) is 5.37. The van der Waals surface area contributed by atoms with Crippen LogP contribution in [0.2, 0.25) is 0 Å². The van der Waals surface area contributed by atoms with Crippen molar-refractivity contribution in [3.05, 3.63) is 11.8 Å². The molecule has 1 aliphatic heterocycles. The standard InChI is InChI=1S/C13H18N6/c14-5-10-7-17-13(18-12(10)15)16-6-9-3-4-19(8-9)11-1-2-11/h7,9,11H,1-4,6,8H2,(H3,15,16,17,18). The Labute approximate surface area is 112 Å². The number of hydrogen-bond acceptors (Lipinski definition) is 6. The molecular weight excluding hydrogens is 240 g/mol. The van der Waals surface area contributed by atoms with E-state index in [9.17, 15) is 0 Å². The number of hydrogen-bond donors (Lipinski definition) is 2. The number of nitriles is 1. The van der Waals surface area contributed by atoms with Gasteiger partial charge in [0.05, 0.1) is 6.20 Å². The smallest absolute Gasteiger partial charge is 0.224 e. The maximum atomic E-state index is 8.76. The molecule has 1 saturated heterocycles. The molecule has 2 fully saturated rings. The molecule has 1 unspecified atom stereocenters. The highest BCUT2D eigenvalue weighted by Crippen LogP contribution is 2.31. The lowest BCUT2D eigenvalue weighted by Crippen LogP contribution is -2.25. The molecule has 0 bridgehead atoms. The Kier molecular flexibility index (Phi) is 3.22. The number of nitrogens with zero attached hydrogens (tertiary/aromatic N) is 4. The summed E-state index contributed by atoms with van der Waals surface area (Å²) >= 11 is 0. The fourth-order valence-corrected chi connectivity index (χ4v) is 2.60. The monoisotopic (exact) mass is 258 g/mol. The highest BCUT2D eigenvalue weighted by atomic mass is 15.2.